The fraction of sp³-hybridized carbons (Fsp3) is 0.308. The van der Waals surface area contributed by atoms with Crippen LogP contribution >= 0.6 is 0 Å². The number of ether oxygens (including phenoxy) is 2. The summed E-state index contributed by atoms with van der Waals surface area (Å²) in [6.07, 6.45) is 2.95. The lowest BCUT2D eigenvalue weighted by Gasteiger charge is -2.11. The summed E-state index contributed by atoms with van der Waals surface area (Å²) >= 11 is 0. The highest BCUT2D eigenvalue weighted by molar-refractivity contribution is 5.90. The Kier molecular flexibility index (Phi) is 5.07. The van der Waals surface area contributed by atoms with Gasteiger partial charge in [-0.05, 0) is 37.6 Å². The molecule has 1 amide bonds. The summed E-state index contributed by atoms with van der Waals surface area (Å²) in [6, 6.07) is 5.47. The van der Waals surface area contributed by atoms with Crippen molar-refractivity contribution in [1.82, 2.24) is 0 Å². The highest BCUT2D eigenvalue weighted by Crippen LogP contribution is 2.28. The number of nitrogens with two attached hydrogens (primary N) is 1. The number of primary amides is 1. The van der Waals surface area contributed by atoms with Crippen LogP contribution in [0.3, 0.4) is 0 Å². The SMILES string of the molecule is CCOc1ccc(C=CC(N)=O)cc1OCC. The molecule has 0 saturated heterocycles. The molecule has 1 rings (SSSR count). The van der Waals surface area contributed by atoms with Crippen molar-refractivity contribution in [3.8, 4) is 11.5 Å². The number of carbonyl (C=O) groups is 1. The van der Waals surface area contributed by atoms with Gasteiger partial charge in [0.15, 0.2) is 11.5 Å². The van der Waals surface area contributed by atoms with Gasteiger partial charge in [0.1, 0.15) is 0 Å². The van der Waals surface area contributed by atoms with Crippen molar-refractivity contribution in [2.24, 2.45) is 5.73 Å². The van der Waals surface area contributed by atoms with Crippen LogP contribution in [-0.2, 0) is 4.79 Å². The highest BCUT2D eigenvalue weighted by Gasteiger charge is 2.04. The van der Waals surface area contributed by atoms with Crippen LogP contribution in [0.1, 0.15) is 19.4 Å². The number of benzene rings is 1. The summed E-state index contributed by atoms with van der Waals surface area (Å²) in [4.78, 5) is 10.6. The van der Waals surface area contributed by atoms with E-state index in [1.807, 2.05) is 32.0 Å². The highest BCUT2D eigenvalue weighted by atomic mass is 16.5. The molecule has 0 fully saturated rings. The van der Waals surface area contributed by atoms with Gasteiger partial charge >= 0.3 is 0 Å². The van der Waals surface area contributed by atoms with Crippen molar-refractivity contribution in [3.63, 3.8) is 0 Å². The predicted octanol–water partition coefficient (Wildman–Crippen LogP) is 1.98. The topological polar surface area (TPSA) is 61.5 Å². The first-order valence-corrected chi connectivity index (χ1v) is 5.54. The van der Waals surface area contributed by atoms with Crippen LogP contribution in [0.5, 0.6) is 11.5 Å². The maximum atomic E-state index is 10.6. The molecular formula is C13H17NO3. The first-order valence-electron chi connectivity index (χ1n) is 5.54. The molecule has 0 unspecified atom stereocenters. The van der Waals surface area contributed by atoms with E-state index in [4.69, 9.17) is 15.2 Å². The quantitative estimate of drug-likeness (QED) is 0.767. The standard InChI is InChI=1S/C13H17NO3/c1-3-16-11-7-5-10(6-8-13(14)15)9-12(11)17-4-2/h5-9H,3-4H2,1-2H3,(H2,14,15). The summed E-state index contributed by atoms with van der Waals surface area (Å²) in [5.74, 6) is 0.892. The second-order valence-corrected chi connectivity index (χ2v) is 3.31. The average molecular weight is 235 g/mol. The maximum Gasteiger partial charge on any atom is 0.241 e. The van der Waals surface area contributed by atoms with Crippen LogP contribution in [-0.4, -0.2) is 19.1 Å². The van der Waals surface area contributed by atoms with Gasteiger partial charge in [0, 0.05) is 6.08 Å². The van der Waals surface area contributed by atoms with Crippen molar-refractivity contribution in [1.29, 1.82) is 0 Å². The second kappa shape index (κ2) is 6.58. The van der Waals surface area contributed by atoms with E-state index in [-0.39, 0.29) is 0 Å². The van der Waals surface area contributed by atoms with E-state index in [1.54, 1.807) is 6.08 Å². The molecular weight excluding hydrogens is 218 g/mol. The van der Waals surface area contributed by atoms with Gasteiger partial charge in [0.05, 0.1) is 13.2 Å². The molecule has 0 heterocycles. The summed E-state index contributed by atoms with van der Waals surface area (Å²) in [6.45, 7) is 4.96. The van der Waals surface area contributed by atoms with E-state index >= 15 is 0 Å². The number of carbonyl (C=O) groups excluding carboxylic acids is 1. The third kappa shape index (κ3) is 4.18. The minimum absolute atomic E-state index is 0.475. The molecule has 4 heteroatoms. The second-order valence-electron chi connectivity index (χ2n) is 3.31. The minimum atomic E-state index is -0.475. The Hall–Kier alpha value is -1.97. The molecule has 1 aromatic carbocycles. The van der Waals surface area contributed by atoms with Crippen LogP contribution in [0.4, 0.5) is 0 Å². The maximum absolute atomic E-state index is 10.6. The third-order valence-electron chi connectivity index (χ3n) is 2.01. The molecule has 92 valence electrons. The number of rotatable bonds is 6. The van der Waals surface area contributed by atoms with Gasteiger partial charge in [0.2, 0.25) is 5.91 Å². The summed E-state index contributed by atoms with van der Waals surface area (Å²) in [5, 5.41) is 0. The molecule has 0 radical (unpaired) electrons. The Labute approximate surface area is 101 Å². The van der Waals surface area contributed by atoms with Gasteiger partial charge in [-0.2, -0.15) is 0 Å². The lowest BCUT2D eigenvalue weighted by molar-refractivity contribution is -0.113. The van der Waals surface area contributed by atoms with Gasteiger partial charge in [-0.15, -0.1) is 0 Å². The Morgan fingerprint density at radius 3 is 2.47 bits per heavy atom. The average Bonchev–Trinajstić information content (AvgIpc) is 2.30. The normalized spacial score (nSPS) is 10.5. The van der Waals surface area contributed by atoms with Crippen molar-refractivity contribution in [2.45, 2.75) is 13.8 Å². The molecule has 4 nitrogen and oxygen atoms in total. The van der Waals surface area contributed by atoms with Crippen LogP contribution in [0.2, 0.25) is 0 Å². The number of hydrogen-bond acceptors (Lipinski definition) is 3. The fourth-order valence-electron chi connectivity index (χ4n) is 1.35. The zero-order valence-electron chi connectivity index (χ0n) is 10.1. The molecule has 0 bridgehead atoms. The number of amides is 1. The van der Waals surface area contributed by atoms with E-state index in [2.05, 4.69) is 0 Å². The molecule has 1 aromatic rings. The largest absolute Gasteiger partial charge is 0.490 e. The van der Waals surface area contributed by atoms with Gasteiger partial charge in [-0.25, -0.2) is 0 Å². The smallest absolute Gasteiger partial charge is 0.241 e. The molecule has 0 aliphatic heterocycles. The van der Waals surface area contributed by atoms with Gasteiger partial charge in [-0.1, -0.05) is 6.07 Å². The molecule has 0 aromatic heterocycles. The van der Waals surface area contributed by atoms with Crippen molar-refractivity contribution in [3.05, 3.63) is 29.8 Å². The first-order chi connectivity index (χ1) is 8.17. The molecule has 0 aliphatic rings. The lowest BCUT2D eigenvalue weighted by atomic mass is 10.2. The summed E-state index contributed by atoms with van der Waals surface area (Å²) < 4.78 is 10.9. The molecule has 2 N–H and O–H groups in total. The summed E-state index contributed by atoms with van der Waals surface area (Å²) in [7, 11) is 0. The number of hydrogen-bond donors (Lipinski definition) is 1. The van der Waals surface area contributed by atoms with Crippen molar-refractivity contribution in [2.75, 3.05) is 13.2 Å². The molecule has 0 aliphatic carbocycles. The summed E-state index contributed by atoms with van der Waals surface area (Å²) in [5.41, 5.74) is 5.88. The van der Waals surface area contributed by atoms with E-state index in [1.165, 1.54) is 6.08 Å². The lowest BCUT2D eigenvalue weighted by Crippen LogP contribution is -2.05. The van der Waals surface area contributed by atoms with Crippen LogP contribution in [0.25, 0.3) is 6.08 Å². The van der Waals surface area contributed by atoms with E-state index in [0.29, 0.717) is 24.7 Å². The zero-order valence-corrected chi connectivity index (χ0v) is 10.1. The van der Waals surface area contributed by atoms with E-state index in [0.717, 1.165) is 5.56 Å². The Morgan fingerprint density at radius 1 is 1.24 bits per heavy atom. The van der Waals surface area contributed by atoms with Gasteiger partial charge in [-0.3, -0.25) is 4.79 Å². The molecule has 0 spiro atoms. The van der Waals surface area contributed by atoms with Crippen LogP contribution in [0, 0.1) is 0 Å². The monoisotopic (exact) mass is 235 g/mol. The minimum Gasteiger partial charge on any atom is -0.490 e. The predicted molar refractivity (Wildman–Crippen MR) is 67.0 cm³/mol. The molecule has 0 saturated carbocycles. The van der Waals surface area contributed by atoms with E-state index in [9.17, 15) is 4.79 Å². The Balaban J connectivity index is 2.95. The zero-order chi connectivity index (χ0) is 12.7. The third-order valence-corrected chi connectivity index (χ3v) is 2.01. The fourth-order valence-corrected chi connectivity index (χ4v) is 1.35. The Morgan fingerprint density at radius 2 is 1.88 bits per heavy atom. The van der Waals surface area contributed by atoms with Crippen molar-refractivity contribution < 1.29 is 14.3 Å². The first kappa shape index (κ1) is 13.1. The van der Waals surface area contributed by atoms with Crippen LogP contribution in [0.15, 0.2) is 24.3 Å². The van der Waals surface area contributed by atoms with Gasteiger partial charge in [0.25, 0.3) is 0 Å². The molecule has 17 heavy (non-hydrogen) atoms. The van der Waals surface area contributed by atoms with Crippen LogP contribution < -0.4 is 15.2 Å². The van der Waals surface area contributed by atoms with Crippen molar-refractivity contribution >= 4 is 12.0 Å². The molecule has 0 atom stereocenters. The Bertz CT molecular complexity index is 413. The van der Waals surface area contributed by atoms with Gasteiger partial charge < -0.3 is 15.2 Å². The van der Waals surface area contributed by atoms with E-state index < -0.39 is 5.91 Å².